The molecule has 1 saturated heterocycles. The van der Waals surface area contributed by atoms with Crippen LogP contribution in [0.15, 0.2) is 24.4 Å². The van der Waals surface area contributed by atoms with E-state index in [0.29, 0.717) is 18.5 Å². The van der Waals surface area contributed by atoms with Gasteiger partial charge in [-0.1, -0.05) is 0 Å². The van der Waals surface area contributed by atoms with Crippen molar-refractivity contribution >= 4 is 28.5 Å². The second-order valence-electron chi connectivity index (χ2n) is 4.57. The summed E-state index contributed by atoms with van der Waals surface area (Å²) in [4.78, 5) is 28.4. The lowest BCUT2D eigenvalue weighted by molar-refractivity contribution is -0.117. The van der Waals surface area contributed by atoms with Crippen LogP contribution in [-0.4, -0.2) is 30.5 Å². The van der Waals surface area contributed by atoms with Gasteiger partial charge in [0.2, 0.25) is 5.91 Å². The van der Waals surface area contributed by atoms with Crippen molar-refractivity contribution < 1.29 is 14.3 Å². The molecule has 19 heavy (non-hydrogen) atoms. The first-order valence-electron chi connectivity index (χ1n) is 6.20. The highest BCUT2D eigenvalue weighted by Crippen LogP contribution is 2.31. The molecule has 1 aliphatic heterocycles. The molecular formula is C14H14N2O3. The number of benzene rings is 1. The maximum atomic E-state index is 11.9. The van der Waals surface area contributed by atoms with E-state index in [1.54, 1.807) is 23.2 Å². The minimum Gasteiger partial charge on any atom is -0.465 e. The lowest BCUT2D eigenvalue weighted by Gasteiger charge is -2.17. The molecule has 1 aromatic heterocycles. The van der Waals surface area contributed by atoms with Gasteiger partial charge in [0.1, 0.15) is 0 Å². The molecule has 5 nitrogen and oxygen atoms in total. The van der Waals surface area contributed by atoms with Crippen LogP contribution in [0.2, 0.25) is 0 Å². The van der Waals surface area contributed by atoms with Crippen LogP contribution in [0.3, 0.4) is 0 Å². The third-order valence-electron chi connectivity index (χ3n) is 3.43. The van der Waals surface area contributed by atoms with Crippen molar-refractivity contribution in [2.24, 2.45) is 0 Å². The highest BCUT2D eigenvalue weighted by molar-refractivity contribution is 6.07. The van der Waals surface area contributed by atoms with Crippen LogP contribution in [0, 0.1) is 0 Å². The second kappa shape index (κ2) is 4.42. The average Bonchev–Trinajstić information content (AvgIpc) is 3.04. The van der Waals surface area contributed by atoms with E-state index in [1.165, 1.54) is 7.11 Å². The molecule has 0 aliphatic carbocycles. The van der Waals surface area contributed by atoms with E-state index in [2.05, 4.69) is 4.98 Å². The summed E-state index contributed by atoms with van der Waals surface area (Å²) in [6.07, 6.45) is 3.22. The molecule has 2 heterocycles. The maximum absolute atomic E-state index is 11.9. The van der Waals surface area contributed by atoms with E-state index < -0.39 is 5.97 Å². The maximum Gasteiger partial charge on any atom is 0.337 e. The Morgan fingerprint density at radius 1 is 1.42 bits per heavy atom. The Morgan fingerprint density at radius 2 is 2.26 bits per heavy atom. The van der Waals surface area contributed by atoms with Gasteiger partial charge in [0, 0.05) is 30.1 Å². The molecule has 0 bridgehead atoms. The quantitative estimate of drug-likeness (QED) is 0.839. The Kier molecular flexibility index (Phi) is 2.74. The van der Waals surface area contributed by atoms with Gasteiger partial charge >= 0.3 is 5.97 Å². The molecule has 5 heteroatoms. The van der Waals surface area contributed by atoms with E-state index >= 15 is 0 Å². The number of hydrogen-bond acceptors (Lipinski definition) is 3. The fraction of sp³-hybridized carbons (Fsp3) is 0.286. The summed E-state index contributed by atoms with van der Waals surface area (Å²) in [7, 11) is 1.35. The minimum atomic E-state index is -0.399. The van der Waals surface area contributed by atoms with Gasteiger partial charge in [0.25, 0.3) is 0 Å². The standard InChI is InChI=1S/C14H14N2O3/c1-19-14(18)9-7-11-10(4-5-15-11)12(8-9)16-6-2-3-13(16)17/h4-5,7-8,15H,2-3,6H2,1H3. The number of anilines is 1. The molecule has 1 aromatic carbocycles. The first-order valence-corrected chi connectivity index (χ1v) is 6.20. The summed E-state index contributed by atoms with van der Waals surface area (Å²) < 4.78 is 4.75. The number of carbonyl (C=O) groups is 2. The van der Waals surface area contributed by atoms with Gasteiger partial charge in [-0.15, -0.1) is 0 Å². The number of nitrogens with zero attached hydrogens (tertiary/aromatic N) is 1. The Hall–Kier alpha value is -2.30. The summed E-state index contributed by atoms with van der Waals surface area (Å²) in [5.41, 5.74) is 2.06. The summed E-state index contributed by atoms with van der Waals surface area (Å²) in [6.45, 7) is 0.698. The van der Waals surface area contributed by atoms with Gasteiger partial charge < -0.3 is 14.6 Å². The van der Waals surface area contributed by atoms with Crippen LogP contribution < -0.4 is 4.90 Å². The van der Waals surface area contributed by atoms with Crippen molar-refractivity contribution in [3.63, 3.8) is 0 Å². The first kappa shape index (κ1) is 11.8. The smallest absolute Gasteiger partial charge is 0.337 e. The summed E-state index contributed by atoms with van der Waals surface area (Å²) >= 11 is 0. The van der Waals surface area contributed by atoms with Gasteiger partial charge in [-0.2, -0.15) is 0 Å². The third-order valence-corrected chi connectivity index (χ3v) is 3.43. The van der Waals surface area contributed by atoms with Gasteiger partial charge in [-0.3, -0.25) is 4.79 Å². The zero-order valence-corrected chi connectivity index (χ0v) is 10.6. The lowest BCUT2D eigenvalue weighted by Crippen LogP contribution is -2.24. The largest absolute Gasteiger partial charge is 0.465 e. The highest BCUT2D eigenvalue weighted by atomic mass is 16.5. The van der Waals surface area contributed by atoms with E-state index in [4.69, 9.17) is 4.74 Å². The zero-order valence-electron chi connectivity index (χ0n) is 10.6. The van der Waals surface area contributed by atoms with E-state index in [-0.39, 0.29) is 5.91 Å². The molecule has 98 valence electrons. The van der Waals surface area contributed by atoms with Crippen LogP contribution >= 0.6 is 0 Å². The predicted molar refractivity (Wildman–Crippen MR) is 71.2 cm³/mol. The number of ether oxygens (including phenoxy) is 1. The zero-order chi connectivity index (χ0) is 13.4. The monoisotopic (exact) mass is 258 g/mol. The second-order valence-corrected chi connectivity index (χ2v) is 4.57. The van der Waals surface area contributed by atoms with Gasteiger partial charge in [-0.25, -0.2) is 4.79 Å². The highest BCUT2D eigenvalue weighted by Gasteiger charge is 2.24. The van der Waals surface area contributed by atoms with Gasteiger partial charge in [0.15, 0.2) is 0 Å². The average molecular weight is 258 g/mol. The van der Waals surface area contributed by atoms with Crippen molar-refractivity contribution in [3.05, 3.63) is 30.0 Å². The Bertz CT molecular complexity index is 660. The number of nitrogens with one attached hydrogen (secondary N) is 1. The van der Waals surface area contributed by atoms with Crippen molar-refractivity contribution in [3.8, 4) is 0 Å². The van der Waals surface area contributed by atoms with E-state index in [0.717, 1.165) is 23.0 Å². The first-order chi connectivity index (χ1) is 9.20. The molecule has 1 aliphatic rings. The number of H-pyrrole nitrogens is 1. The SMILES string of the molecule is COC(=O)c1cc(N2CCCC2=O)c2cc[nH]c2c1. The Morgan fingerprint density at radius 3 is 2.95 bits per heavy atom. The normalized spacial score (nSPS) is 15.2. The topological polar surface area (TPSA) is 62.4 Å². The molecule has 3 rings (SSSR count). The van der Waals surface area contributed by atoms with Gasteiger partial charge in [-0.05, 0) is 24.6 Å². The Labute approximate surface area is 110 Å². The van der Waals surface area contributed by atoms with E-state index in [9.17, 15) is 9.59 Å². The predicted octanol–water partition coefficient (Wildman–Crippen LogP) is 2.08. The van der Waals surface area contributed by atoms with Gasteiger partial charge in [0.05, 0.1) is 18.4 Å². The number of hydrogen-bond donors (Lipinski definition) is 1. The summed E-state index contributed by atoms with van der Waals surface area (Å²) in [5, 5.41) is 0.947. The number of aromatic nitrogens is 1. The third kappa shape index (κ3) is 1.87. The van der Waals surface area contributed by atoms with Crippen molar-refractivity contribution in [2.45, 2.75) is 12.8 Å². The summed E-state index contributed by atoms with van der Waals surface area (Å²) in [5.74, 6) is -0.297. The number of methoxy groups -OCH3 is 1. The fourth-order valence-corrected chi connectivity index (χ4v) is 2.51. The number of esters is 1. The van der Waals surface area contributed by atoms with Crippen LogP contribution in [0.1, 0.15) is 23.2 Å². The number of carbonyl (C=O) groups excluding carboxylic acids is 2. The van der Waals surface area contributed by atoms with Crippen LogP contribution in [0.5, 0.6) is 0 Å². The van der Waals surface area contributed by atoms with Crippen molar-refractivity contribution in [2.75, 3.05) is 18.6 Å². The van der Waals surface area contributed by atoms with Crippen LogP contribution in [0.4, 0.5) is 5.69 Å². The van der Waals surface area contributed by atoms with Crippen LogP contribution in [0.25, 0.3) is 10.9 Å². The molecule has 0 unspecified atom stereocenters. The lowest BCUT2D eigenvalue weighted by atomic mass is 10.1. The number of fused-ring (bicyclic) bond motifs is 1. The molecule has 1 N–H and O–H groups in total. The van der Waals surface area contributed by atoms with Crippen molar-refractivity contribution in [1.29, 1.82) is 0 Å². The molecule has 0 spiro atoms. The summed E-state index contributed by atoms with van der Waals surface area (Å²) in [6, 6.07) is 5.38. The minimum absolute atomic E-state index is 0.101. The molecule has 0 radical (unpaired) electrons. The molecule has 1 amide bonds. The van der Waals surface area contributed by atoms with Crippen LogP contribution in [-0.2, 0) is 9.53 Å². The molecule has 2 aromatic rings. The number of rotatable bonds is 2. The Balaban J connectivity index is 2.18. The number of amides is 1. The molecule has 0 saturated carbocycles. The van der Waals surface area contributed by atoms with Crippen molar-refractivity contribution in [1.82, 2.24) is 4.98 Å². The molecule has 1 fully saturated rings. The fourth-order valence-electron chi connectivity index (χ4n) is 2.51. The van der Waals surface area contributed by atoms with E-state index in [1.807, 2.05) is 6.07 Å². The molecule has 0 atom stereocenters. The number of aromatic amines is 1. The molecular weight excluding hydrogens is 244 g/mol.